The van der Waals surface area contributed by atoms with E-state index in [0.29, 0.717) is 36.4 Å². The van der Waals surface area contributed by atoms with Gasteiger partial charge in [0, 0.05) is 37.2 Å². The van der Waals surface area contributed by atoms with Gasteiger partial charge in [0.15, 0.2) is 18.1 Å². The average Bonchev–Trinajstić information content (AvgIpc) is 3.31. The van der Waals surface area contributed by atoms with Gasteiger partial charge in [0.05, 0.1) is 14.2 Å². The summed E-state index contributed by atoms with van der Waals surface area (Å²) in [5.41, 5.74) is 2.22. The van der Waals surface area contributed by atoms with Crippen LogP contribution in [-0.2, 0) is 16.0 Å². The molecule has 0 aliphatic heterocycles. The van der Waals surface area contributed by atoms with Gasteiger partial charge >= 0.3 is 5.97 Å². The molecule has 3 rings (SSSR count). The van der Waals surface area contributed by atoms with Gasteiger partial charge in [0.1, 0.15) is 11.5 Å². The van der Waals surface area contributed by atoms with Crippen LogP contribution in [0.3, 0.4) is 0 Å². The maximum atomic E-state index is 12.8. The fourth-order valence-corrected chi connectivity index (χ4v) is 3.11. The number of carbonyl (C=O) groups is 2. The Morgan fingerprint density at radius 3 is 2.53 bits per heavy atom. The standard InChI is InChI=1S/C24H26N2O6/c1-26(13-7-10-19-15-20(25-32-19)17-8-5-4-6-9-17)24(28)18-11-12-21(29-2)22(14-18)31-16-23(27)30-3/h4-6,8-9,11-12,14-15H,7,10,13,16H2,1-3H3. The largest absolute Gasteiger partial charge is 0.493 e. The number of rotatable bonds is 10. The van der Waals surface area contributed by atoms with Crippen molar-refractivity contribution in [3.8, 4) is 22.8 Å². The van der Waals surface area contributed by atoms with E-state index in [1.54, 1.807) is 30.1 Å². The second-order valence-electron chi connectivity index (χ2n) is 7.11. The molecule has 8 heteroatoms. The summed E-state index contributed by atoms with van der Waals surface area (Å²) >= 11 is 0. The van der Waals surface area contributed by atoms with E-state index in [0.717, 1.165) is 17.0 Å². The van der Waals surface area contributed by atoms with E-state index < -0.39 is 5.97 Å². The van der Waals surface area contributed by atoms with Crippen molar-refractivity contribution in [2.75, 3.05) is 34.4 Å². The topological polar surface area (TPSA) is 91.1 Å². The van der Waals surface area contributed by atoms with E-state index >= 15 is 0 Å². The lowest BCUT2D eigenvalue weighted by Gasteiger charge is -2.18. The molecule has 0 radical (unpaired) electrons. The van der Waals surface area contributed by atoms with Gasteiger partial charge in [-0.2, -0.15) is 0 Å². The number of esters is 1. The molecule has 32 heavy (non-hydrogen) atoms. The highest BCUT2D eigenvalue weighted by Gasteiger charge is 2.16. The van der Waals surface area contributed by atoms with Crippen molar-refractivity contribution in [1.82, 2.24) is 10.1 Å². The van der Waals surface area contributed by atoms with Crippen molar-refractivity contribution in [3.05, 3.63) is 65.9 Å². The highest BCUT2D eigenvalue weighted by molar-refractivity contribution is 5.94. The van der Waals surface area contributed by atoms with Gasteiger partial charge < -0.3 is 23.6 Å². The van der Waals surface area contributed by atoms with Crippen LogP contribution in [-0.4, -0.2) is 56.4 Å². The lowest BCUT2D eigenvalue weighted by Crippen LogP contribution is -2.28. The maximum Gasteiger partial charge on any atom is 0.343 e. The van der Waals surface area contributed by atoms with Gasteiger partial charge in [-0.05, 0) is 24.6 Å². The summed E-state index contributed by atoms with van der Waals surface area (Å²) in [4.78, 5) is 25.8. The number of benzene rings is 2. The Bertz CT molecular complexity index is 1050. The zero-order chi connectivity index (χ0) is 22.9. The first kappa shape index (κ1) is 22.9. The lowest BCUT2D eigenvalue weighted by atomic mass is 10.1. The van der Waals surface area contributed by atoms with E-state index in [-0.39, 0.29) is 12.5 Å². The SMILES string of the molecule is COC(=O)COc1cc(C(=O)N(C)CCCc2cc(-c3ccccc3)no2)ccc1OC. The Hall–Kier alpha value is -3.81. The number of ether oxygens (including phenoxy) is 3. The average molecular weight is 438 g/mol. The second kappa shape index (κ2) is 11.0. The molecule has 0 bridgehead atoms. The molecule has 1 heterocycles. The van der Waals surface area contributed by atoms with Gasteiger partial charge in [-0.1, -0.05) is 35.5 Å². The van der Waals surface area contributed by atoms with Crippen LogP contribution in [0.4, 0.5) is 0 Å². The molecule has 0 spiro atoms. The van der Waals surface area contributed by atoms with Crippen molar-refractivity contribution >= 4 is 11.9 Å². The van der Waals surface area contributed by atoms with Crippen LogP contribution in [0.25, 0.3) is 11.3 Å². The summed E-state index contributed by atoms with van der Waals surface area (Å²) in [6, 6.07) is 16.6. The van der Waals surface area contributed by atoms with Crippen molar-refractivity contribution in [2.45, 2.75) is 12.8 Å². The van der Waals surface area contributed by atoms with Crippen molar-refractivity contribution in [1.29, 1.82) is 0 Å². The molecule has 0 unspecified atom stereocenters. The molecule has 0 N–H and O–H groups in total. The van der Waals surface area contributed by atoms with E-state index in [4.69, 9.17) is 14.0 Å². The number of aryl methyl sites for hydroxylation is 1. The number of carbonyl (C=O) groups excluding carboxylic acids is 2. The third-order valence-corrected chi connectivity index (χ3v) is 4.88. The molecular formula is C24H26N2O6. The van der Waals surface area contributed by atoms with Crippen LogP contribution in [0.2, 0.25) is 0 Å². The molecule has 3 aromatic rings. The van der Waals surface area contributed by atoms with E-state index in [9.17, 15) is 9.59 Å². The molecule has 168 valence electrons. The van der Waals surface area contributed by atoms with Gasteiger partial charge in [0.2, 0.25) is 0 Å². The third-order valence-electron chi connectivity index (χ3n) is 4.88. The molecular weight excluding hydrogens is 412 g/mol. The van der Waals surface area contributed by atoms with Gasteiger partial charge in [-0.3, -0.25) is 4.79 Å². The van der Waals surface area contributed by atoms with Crippen LogP contribution in [0.5, 0.6) is 11.5 Å². The number of aromatic nitrogens is 1. The van der Waals surface area contributed by atoms with Crippen molar-refractivity contribution in [3.63, 3.8) is 0 Å². The van der Waals surface area contributed by atoms with Crippen LogP contribution < -0.4 is 9.47 Å². The fourth-order valence-electron chi connectivity index (χ4n) is 3.11. The summed E-state index contributed by atoms with van der Waals surface area (Å²) in [5.74, 6) is 0.800. The molecule has 0 aliphatic rings. The monoisotopic (exact) mass is 438 g/mol. The molecule has 0 atom stereocenters. The summed E-state index contributed by atoms with van der Waals surface area (Å²) in [6.07, 6.45) is 1.38. The molecule has 8 nitrogen and oxygen atoms in total. The van der Waals surface area contributed by atoms with Crippen LogP contribution in [0.15, 0.2) is 59.1 Å². The highest BCUT2D eigenvalue weighted by Crippen LogP contribution is 2.28. The predicted molar refractivity (Wildman–Crippen MR) is 118 cm³/mol. The Morgan fingerprint density at radius 2 is 1.81 bits per heavy atom. The van der Waals surface area contributed by atoms with E-state index in [2.05, 4.69) is 9.89 Å². The molecule has 1 amide bonds. The number of amides is 1. The number of hydrogen-bond acceptors (Lipinski definition) is 7. The van der Waals surface area contributed by atoms with E-state index in [1.165, 1.54) is 14.2 Å². The molecule has 1 aromatic heterocycles. The molecule has 2 aromatic carbocycles. The number of methoxy groups -OCH3 is 2. The van der Waals surface area contributed by atoms with Crippen LogP contribution in [0, 0.1) is 0 Å². The van der Waals surface area contributed by atoms with E-state index in [1.807, 2.05) is 36.4 Å². The molecule has 0 fully saturated rings. The first-order chi connectivity index (χ1) is 15.5. The fraction of sp³-hybridized carbons (Fsp3) is 0.292. The zero-order valence-corrected chi connectivity index (χ0v) is 18.4. The minimum Gasteiger partial charge on any atom is -0.493 e. The Balaban J connectivity index is 1.56. The normalized spacial score (nSPS) is 10.5. The number of nitrogens with zero attached hydrogens (tertiary/aromatic N) is 2. The van der Waals surface area contributed by atoms with Gasteiger partial charge in [0.25, 0.3) is 5.91 Å². The smallest absolute Gasteiger partial charge is 0.343 e. The number of hydrogen-bond donors (Lipinski definition) is 0. The van der Waals surface area contributed by atoms with Crippen LogP contribution in [0.1, 0.15) is 22.5 Å². The van der Waals surface area contributed by atoms with Gasteiger partial charge in [-0.15, -0.1) is 0 Å². The summed E-state index contributed by atoms with van der Waals surface area (Å²) in [5, 5.41) is 4.11. The summed E-state index contributed by atoms with van der Waals surface area (Å²) < 4.78 is 20.7. The first-order valence-electron chi connectivity index (χ1n) is 10.2. The molecule has 0 saturated heterocycles. The summed E-state index contributed by atoms with van der Waals surface area (Å²) in [6.45, 7) is 0.257. The Labute approximate surface area is 186 Å². The predicted octanol–water partition coefficient (Wildman–Crippen LogP) is 3.61. The van der Waals surface area contributed by atoms with Crippen molar-refractivity contribution < 1.29 is 28.3 Å². The first-order valence-corrected chi connectivity index (χ1v) is 10.2. The Morgan fingerprint density at radius 1 is 1.03 bits per heavy atom. The zero-order valence-electron chi connectivity index (χ0n) is 18.4. The Kier molecular flexibility index (Phi) is 7.85. The van der Waals surface area contributed by atoms with Crippen LogP contribution >= 0.6 is 0 Å². The lowest BCUT2D eigenvalue weighted by molar-refractivity contribution is -0.142. The minimum atomic E-state index is -0.524. The van der Waals surface area contributed by atoms with Gasteiger partial charge in [-0.25, -0.2) is 4.79 Å². The molecule has 0 saturated carbocycles. The van der Waals surface area contributed by atoms with Crippen molar-refractivity contribution in [2.24, 2.45) is 0 Å². The third kappa shape index (κ3) is 5.87. The quantitative estimate of drug-likeness (QED) is 0.447. The summed E-state index contributed by atoms with van der Waals surface area (Å²) in [7, 11) is 4.50. The molecule has 0 aliphatic carbocycles. The highest BCUT2D eigenvalue weighted by atomic mass is 16.6. The maximum absolute atomic E-state index is 12.8. The second-order valence-corrected chi connectivity index (χ2v) is 7.11. The minimum absolute atomic E-state index is 0.168.